The highest BCUT2D eigenvalue weighted by atomic mass is 16.5. The van der Waals surface area contributed by atoms with Gasteiger partial charge < -0.3 is 23.4 Å². The van der Waals surface area contributed by atoms with Crippen LogP contribution in [0.1, 0.15) is 5.56 Å². The summed E-state index contributed by atoms with van der Waals surface area (Å²) in [6.07, 6.45) is 1.48. The molecule has 0 aliphatic heterocycles. The molecule has 5 aromatic rings. The summed E-state index contributed by atoms with van der Waals surface area (Å²) in [7, 11) is 4.52. The average Bonchev–Trinajstić information content (AvgIpc) is 3.39. The molecule has 0 fully saturated rings. The van der Waals surface area contributed by atoms with Crippen LogP contribution in [0.4, 0.5) is 0 Å². The molecule has 0 amide bonds. The summed E-state index contributed by atoms with van der Waals surface area (Å²) in [5, 5.41) is 14.5. The Kier molecular flexibility index (Phi) is 6.65. The normalized spacial score (nSPS) is 11.1. The highest BCUT2D eigenvalue weighted by Gasteiger charge is 2.18. The number of furan rings is 1. The molecule has 0 saturated carbocycles. The maximum absolute atomic E-state index is 13.5. The lowest BCUT2D eigenvalue weighted by atomic mass is 10.2. The number of rotatable bonds is 8. The molecule has 3 aromatic carbocycles. The third-order valence-electron chi connectivity index (χ3n) is 5.80. The standard InChI is InChI=1S/C28H22N4O6/c1-34-21-9-6-10-22-19(21)15-25(38-22)27-31-20-8-5-4-7-18(20)28(33)32(27)30-16-17-13-23(35-2)26(37-12-11-29)24(14-17)36-3/h4-10,13-16H,12H2,1-3H3. The first-order chi connectivity index (χ1) is 18.6. The van der Waals surface area contributed by atoms with Gasteiger partial charge in [-0.25, -0.2) is 4.98 Å². The van der Waals surface area contributed by atoms with Crippen LogP contribution in [0.2, 0.25) is 0 Å². The molecule has 5 rings (SSSR count). The zero-order valence-electron chi connectivity index (χ0n) is 20.8. The predicted molar refractivity (Wildman–Crippen MR) is 141 cm³/mol. The Balaban J connectivity index is 1.68. The highest BCUT2D eigenvalue weighted by Crippen LogP contribution is 2.38. The number of benzene rings is 3. The van der Waals surface area contributed by atoms with Crippen molar-refractivity contribution in [1.29, 1.82) is 5.26 Å². The number of ether oxygens (including phenoxy) is 4. The van der Waals surface area contributed by atoms with Gasteiger partial charge in [-0.05, 0) is 42.5 Å². The van der Waals surface area contributed by atoms with E-state index in [1.807, 2.05) is 30.3 Å². The maximum Gasteiger partial charge on any atom is 0.282 e. The number of fused-ring (bicyclic) bond motifs is 2. The lowest BCUT2D eigenvalue weighted by Gasteiger charge is -2.13. The van der Waals surface area contributed by atoms with Crippen LogP contribution in [-0.4, -0.2) is 43.8 Å². The molecule has 0 radical (unpaired) electrons. The van der Waals surface area contributed by atoms with Crippen molar-refractivity contribution in [3.63, 3.8) is 0 Å². The van der Waals surface area contributed by atoms with Crippen molar-refractivity contribution in [1.82, 2.24) is 9.66 Å². The zero-order valence-corrected chi connectivity index (χ0v) is 20.8. The monoisotopic (exact) mass is 510 g/mol. The lowest BCUT2D eigenvalue weighted by Crippen LogP contribution is -2.20. The fourth-order valence-electron chi connectivity index (χ4n) is 4.06. The Morgan fingerprint density at radius 1 is 0.974 bits per heavy atom. The van der Waals surface area contributed by atoms with Crippen molar-refractivity contribution in [2.45, 2.75) is 0 Å². The van der Waals surface area contributed by atoms with Crippen molar-refractivity contribution >= 4 is 28.1 Å². The molecular weight excluding hydrogens is 488 g/mol. The minimum atomic E-state index is -0.373. The first kappa shape index (κ1) is 24.4. The molecule has 0 aliphatic rings. The first-order valence-corrected chi connectivity index (χ1v) is 11.5. The van der Waals surface area contributed by atoms with E-state index in [1.54, 1.807) is 43.5 Å². The third kappa shape index (κ3) is 4.37. The Bertz CT molecular complexity index is 1760. The van der Waals surface area contributed by atoms with Crippen molar-refractivity contribution in [3.05, 3.63) is 76.6 Å². The van der Waals surface area contributed by atoms with E-state index in [9.17, 15) is 4.79 Å². The Morgan fingerprint density at radius 2 is 1.71 bits per heavy atom. The number of nitrogens with zero attached hydrogens (tertiary/aromatic N) is 4. The van der Waals surface area contributed by atoms with Crippen LogP contribution in [0.25, 0.3) is 33.5 Å². The summed E-state index contributed by atoms with van der Waals surface area (Å²) in [5.41, 5.74) is 1.27. The summed E-state index contributed by atoms with van der Waals surface area (Å²) < 4.78 is 29.0. The van der Waals surface area contributed by atoms with Crippen molar-refractivity contribution < 1.29 is 23.4 Å². The minimum Gasteiger partial charge on any atom is -0.496 e. The highest BCUT2D eigenvalue weighted by molar-refractivity contribution is 5.89. The number of nitriles is 1. The Hall–Kier alpha value is -5.30. The molecule has 0 bridgehead atoms. The van der Waals surface area contributed by atoms with Crippen LogP contribution in [-0.2, 0) is 0 Å². The van der Waals surface area contributed by atoms with Gasteiger partial charge in [0.1, 0.15) is 17.4 Å². The molecule has 10 heteroatoms. The van der Waals surface area contributed by atoms with E-state index in [-0.39, 0.29) is 23.7 Å². The van der Waals surface area contributed by atoms with E-state index in [0.29, 0.717) is 45.1 Å². The van der Waals surface area contributed by atoms with Gasteiger partial charge in [0.25, 0.3) is 5.56 Å². The molecule has 38 heavy (non-hydrogen) atoms. The van der Waals surface area contributed by atoms with Crippen LogP contribution in [0, 0.1) is 11.3 Å². The molecule has 0 unspecified atom stereocenters. The number of para-hydroxylation sites is 1. The smallest absolute Gasteiger partial charge is 0.282 e. The molecule has 0 N–H and O–H groups in total. The van der Waals surface area contributed by atoms with Gasteiger partial charge in [0.15, 0.2) is 23.9 Å². The van der Waals surface area contributed by atoms with E-state index < -0.39 is 0 Å². The van der Waals surface area contributed by atoms with Crippen LogP contribution in [0.5, 0.6) is 23.0 Å². The van der Waals surface area contributed by atoms with Crippen LogP contribution in [0.3, 0.4) is 0 Å². The second-order valence-electron chi connectivity index (χ2n) is 8.00. The van der Waals surface area contributed by atoms with Crippen LogP contribution in [0.15, 0.2) is 75.0 Å². The largest absolute Gasteiger partial charge is 0.496 e. The van der Waals surface area contributed by atoms with E-state index >= 15 is 0 Å². The van der Waals surface area contributed by atoms with Gasteiger partial charge in [-0.3, -0.25) is 4.79 Å². The van der Waals surface area contributed by atoms with E-state index in [2.05, 4.69) is 5.10 Å². The molecule has 190 valence electrons. The van der Waals surface area contributed by atoms with Crippen molar-refractivity contribution in [3.8, 4) is 40.7 Å². The topological polar surface area (TPSA) is 121 Å². The maximum atomic E-state index is 13.5. The Morgan fingerprint density at radius 3 is 2.42 bits per heavy atom. The molecule has 0 atom stereocenters. The number of hydrogen-bond acceptors (Lipinski definition) is 9. The van der Waals surface area contributed by atoms with Crippen molar-refractivity contribution in [2.75, 3.05) is 27.9 Å². The van der Waals surface area contributed by atoms with Gasteiger partial charge in [0.05, 0.1) is 43.8 Å². The van der Waals surface area contributed by atoms with Gasteiger partial charge in [0.2, 0.25) is 11.6 Å². The molecule has 0 spiro atoms. The molecule has 2 aromatic heterocycles. The van der Waals surface area contributed by atoms with Gasteiger partial charge in [-0.15, -0.1) is 0 Å². The summed E-state index contributed by atoms with van der Waals surface area (Å²) in [4.78, 5) is 18.2. The van der Waals surface area contributed by atoms with Gasteiger partial charge in [-0.2, -0.15) is 15.0 Å². The number of hydrogen-bond donors (Lipinski definition) is 0. The average molecular weight is 511 g/mol. The fraction of sp³-hybridized carbons (Fsp3) is 0.143. The fourth-order valence-corrected chi connectivity index (χ4v) is 4.06. The first-order valence-electron chi connectivity index (χ1n) is 11.5. The molecular formula is C28H22N4O6. The van der Waals surface area contributed by atoms with E-state index in [0.717, 1.165) is 5.39 Å². The summed E-state index contributed by atoms with van der Waals surface area (Å²) >= 11 is 0. The number of aromatic nitrogens is 2. The van der Waals surface area contributed by atoms with E-state index in [4.69, 9.17) is 33.6 Å². The van der Waals surface area contributed by atoms with Crippen LogP contribution < -0.4 is 24.5 Å². The zero-order chi connectivity index (χ0) is 26.6. The molecule has 0 aliphatic carbocycles. The summed E-state index contributed by atoms with van der Waals surface area (Å²) in [6.45, 7) is -0.177. The number of methoxy groups -OCH3 is 3. The predicted octanol–water partition coefficient (Wildman–Crippen LogP) is 4.62. The Labute approximate surface area is 216 Å². The quantitative estimate of drug-likeness (QED) is 0.277. The second kappa shape index (κ2) is 10.4. The van der Waals surface area contributed by atoms with E-state index in [1.165, 1.54) is 25.1 Å². The second-order valence-corrected chi connectivity index (χ2v) is 8.00. The summed E-state index contributed by atoms with van der Waals surface area (Å²) in [5.74, 6) is 2.17. The third-order valence-corrected chi connectivity index (χ3v) is 5.80. The van der Waals surface area contributed by atoms with Crippen LogP contribution >= 0.6 is 0 Å². The molecule has 10 nitrogen and oxygen atoms in total. The van der Waals surface area contributed by atoms with Gasteiger partial charge in [-0.1, -0.05) is 18.2 Å². The molecule has 0 saturated heterocycles. The summed E-state index contributed by atoms with van der Waals surface area (Å²) in [6, 6.07) is 19.5. The SMILES string of the molecule is COc1cc(C=Nn2c(-c3cc4c(OC)cccc4o3)nc3ccccc3c2=O)cc(OC)c1OCC#N. The molecule has 2 heterocycles. The van der Waals surface area contributed by atoms with Gasteiger partial charge in [0, 0.05) is 5.56 Å². The van der Waals surface area contributed by atoms with Crippen molar-refractivity contribution in [2.24, 2.45) is 5.10 Å². The van der Waals surface area contributed by atoms with Gasteiger partial charge >= 0.3 is 0 Å². The minimum absolute atomic E-state index is 0.177. The lowest BCUT2D eigenvalue weighted by molar-refractivity contribution is 0.303.